The summed E-state index contributed by atoms with van der Waals surface area (Å²) in [6.07, 6.45) is 9.49. The van der Waals surface area contributed by atoms with E-state index in [0.717, 1.165) is 49.7 Å². The van der Waals surface area contributed by atoms with Crippen molar-refractivity contribution >= 4 is 27.4 Å². The van der Waals surface area contributed by atoms with Gasteiger partial charge in [-0.25, -0.2) is 15.0 Å². The predicted octanol–water partition coefficient (Wildman–Crippen LogP) is 3.16. The average Bonchev–Trinajstić information content (AvgIpc) is 3.25. The SMILES string of the molecule is CC(C)N1CCc2c(sc3ncnc(NCCCn4ccnc4)c23)C1. The van der Waals surface area contributed by atoms with Crippen molar-refractivity contribution in [3.63, 3.8) is 0 Å². The first-order valence-corrected chi connectivity index (χ1v) is 9.73. The Hall–Kier alpha value is -1.99. The smallest absolute Gasteiger partial charge is 0.138 e. The number of imidazole rings is 1. The Morgan fingerprint density at radius 3 is 3.04 bits per heavy atom. The number of thiophene rings is 1. The molecule has 6 nitrogen and oxygen atoms in total. The maximum absolute atomic E-state index is 4.53. The van der Waals surface area contributed by atoms with Gasteiger partial charge in [0.1, 0.15) is 17.0 Å². The molecule has 132 valence electrons. The molecule has 1 N–H and O–H groups in total. The number of nitrogens with one attached hydrogen (secondary N) is 1. The van der Waals surface area contributed by atoms with Gasteiger partial charge in [0.15, 0.2) is 0 Å². The number of fused-ring (bicyclic) bond motifs is 3. The lowest BCUT2D eigenvalue weighted by Crippen LogP contribution is -2.35. The summed E-state index contributed by atoms with van der Waals surface area (Å²) in [7, 11) is 0. The molecule has 0 aromatic carbocycles. The summed E-state index contributed by atoms with van der Waals surface area (Å²) >= 11 is 1.83. The van der Waals surface area contributed by atoms with Crippen LogP contribution in [0.3, 0.4) is 0 Å². The molecule has 25 heavy (non-hydrogen) atoms. The van der Waals surface area contributed by atoms with Gasteiger partial charge < -0.3 is 9.88 Å². The molecule has 4 rings (SSSR count). The summed E-state index contributed by atoms with van der Waals surface area (Å²) in [4.78, 5) is 18.2. The van der Waals surface area contributed by atoms with Crippen molar-refractivity contribution in [2.24, 2.45) is 0 Å². The first-order chi connectivity index (χ1) is 12.2. The lowest BCUT2D eigenvalue weighted by atomic mass is 10.0. The van der Waals surface area contributed by atoms with Crippen molar-refractivity contribution in [1.82, 2.24) is 24.4 Å². The molecule has 0 fully saturated rings. The molecule has 0 radical (unpaired) electrons. The van der Waals surface area contributed by atoms with Crippen LogP contribution in [0.25, 0.3) is 10.2 Å². The lowest BCUT2D eigenvalue weighted by Gasteiger charge is -2.30. The molecule has 0 spiro atoms. The van der Waals surface area contributed by atoms with Crippen molar-refractivity contribution < 1.29 is 0 Å². The number of aryl methyl sites for hydroxylation is 1. The zero-order valence-corrected chi connectivity index (χ0v) is 15.6. The minimum atomic E-state index is 0.588. The van der Waals surface area contributed by atoms with Crippen LogP contribution in [-0.2, 0) is 19.5 Å². The summed E-state index contributed by atoms with van der Waals surface area (Å²) in [5.74, 6) is 0.992. The van der Waals surface area contributed by atoms with Gasteiger partial charge in [0.25, 0.3) is 0 Å². The molecular formula is C18H24N6S. The highest BCUT2D eigenvalue weighted by atomic mass is 32.1. The molecule has 0 aliphatic carbocycles. The first kappa shape index (κ1) is 16.5. The monoisotopic (exact) mass is 356 g/mol. The fourth-order valence-electron chi connectivity index (χ4n) is 3.41. The Morgan fingerprint density at radius 2 is 2.24 bits per heavy atom. The molecule has 3 aromatic rings. The van der Waals surface area contributed by atoms with Crippen molar-refractivity contribution in [3.05, 3.63) is 35.5 Å². The van der Waals surface area contributed by atoms with Gasteiger partial charge >= 0.3 is 0 Å². The highest BCUT2D eigenvalue weighted by Gasteiger charge is 2.24. The Labute approximate surface area is 151 Å². The van der Waals surface area contributed by atoms with Crippen LogP contribution in [0, 0.1) is 0 Å². The van der Waals surface area contributed by atoms with Gasteiger partial charge in [-0.1, -0.05) is 0 Å². The van der Waals surface area contributed by atoms with Gasteiger partial charge in [0, 0.05) is 49.5 Å². The molecule has 7 heteroatoms. The van der Waals surface area contributed by atoms with E-state index in [1.54, 1.807) is 6.33 Å². The van der Waals surface area contributed by atoms with Gasteiger partial charge in [-0.15, -0.1) is 11.3 Å². The van der Waals surface area contributed by atoms with Gasteiger partial charge in [-0.05, 0) is 32.3 Å². The van der Waals surface area contributed by atoms with Crippen LogP contribution >= 0.6 is 11.3 Å². The molecule has 0 amide bonds. The third-order valence-electron chi connectivity index (χ3n) is 4.84. The third-order valence-corrected chi connectivity index (χ3v) is 5.97. The summed E-state index contributed by atoms with van der Waals surface area (Å²) in [5, 5.41) is 4.77. The van der Waals surface area contributed by atoms with E-state index >= 15 is 0 Å². The first-order valence-electron chi connectivity index (χ1n) is 8.91. The van der Waals surface area contributed by atoms with E-state index < -0.39 is 0 Å². The van der Waals surface area contributed by atoms with Crippen molar-refractivity contribution in [1.29, 1.82) is 0 Å². The van der Waals surface area contributed by atoms with E-state index in [4.69, 9.17) is 0 Å². The summed E-state index contributed by atoms with van der Waals surface area (Å²) in [6, 6.07) is 0.588. The van der Waals surface area contributed by atoms with Crippen LogP contribution in [0.5, 0.6) is 0 Å². The van der Waals surface area contributed by atoms with Gasteiger partial charge in [-0.2, -0.15) is 0 Å². The zero-order chi connectivity index (χ0) is 17.2. The maximum Gasteiger partial charge on any atom is 0.138 e. The second-order valence-corrected chi connectivity index (χ2v) is 7.88. The fraction of sp³-hybridized carbons (Fsp3) is 0.500. The summed E-state index contributed by atoms with van der Waals surface area (Å²) in [6.45, 7) is 8.55. The third kappa shape index (κ3) is 3.39. The molecule has 0 atom stereocenters. The van der Waals surface area contributed by atoms with E-state index in [0.29, 0.717) is 6.04 Å². The second-order valence-electron chi connectivity index (χ2n) is 6.80. The zero-order valence-electron chi connectivity index (χ0n) is 14.8. The average molecular weight is 356 g/mol. The number of rotatable bonds is 6. The molecule has 1 aliphatic rings. The minimum Gasteiger partial charge on any atom is -0.369 e. The molecule has 1 aliphatic heterocycles. The van der Waals surface area contributed by atoms with Gasteiger partial charge in [0.2, 0.25) is 0 Å². The number of hydrogen-bond acceptors (Lipinski definition) is 6. The Bertz CT molecular complexity index is 839. The topological polar surface area (TPSA) is 58.9 Å². The minimum absolute atomic E-state index is 0.588. The molecule has 0 bridgehead atoms. The van der Waals surface area contributed by atoms with Crippen LogP contribution < -0.4 is 5.32 Å². The molecule has 4 heterocycles. The van der Waals surface area contributed by atoms with E-state index in [-0.39, 0.29) is 0 Å². The lowest BCUT2D eigenvalue weighted by molar-refractivity contribution is 0.206. The van der Waals surface area contributed by atoms with Crippen LogP contribution in [-0.4, -0.2) is 43.6 Å². The normalized spacial score (nSPS) is 15.0. The highest BCUT2D eigenvalue weighted by molar-refractivity contribution is 7.18. The second kappa shape index (κ2) is 7.09. The van der Waals surface area contributed by atoms with Gasteiger partial charge in [0.05, 0.1) is 11.7 Å². The van der Waals surface area contributed by atoms with Crippen molar-refractivity contribution in [2.75, 3.05) is 18.4 Å². The molecular weight excluding hydrogens is 332 g/mol. The van der Waals surface area contributed by atoms with E-state index in [2.05, 4.69) is 43.6 Å². The molecule has 0 unspecified atom stereocenters. The molecule has 0 saturated carbocycles. The van der Waals surface area contributed by atoms with E-state index in [1.807, 2.05) is 30.1 Å². The highest BCUT2D eigenvalue weighted by Crippen LogP contribution is 2.37. The largest absolute Gasteiger partial charge is 0.369 e. The molecule has 3 aromatic heterocycles. The Kier molecular flexibility index (Phi) is 4.67. The summed E-state index contributed by atoms with van der Waals surface area (Å²) in [5.41, 5.74) is 1.45. The van der Waals surface area contributed by atoms with Crippen LogP contribution in [0.2, 0.25) is 0 Å². The number of nitrogens with zero attached hydrogens (tertiary/aromatic N) is 5. The number of aromatic nitrogens is 4. The standard InChI is InChI=1S/C18H24N6S/c1-13(2)24-8-4-14-15(10-24)25-18-16(14)17(21-11-22-18)20-5-3-7-23-9-6-19-12-23/h6,9,11-13H,3-5,7-8,10H2,1-2H3,(H,20,21,22). The van der Waals surface area contributed by atoms with Crippen molar-refractivity contribution in [3.8, 4) is 0 Å². The Morgan fingerprint density at radius 1 is 1.32 bits per heavy atom. The fourth-order valence-corrected chi connectivity index (χ4v) is 4.62. The number of anilines is 1. The quantitative estimate of drug-likeness (QED) is 0.688. The number of hydrogen-bond donors (Lipinski definition) is 1. The predicted molar refractivity (Wildman–Crippen MR) is 102 cm³/mol. The van der Waals surface area contributed by atoms with Gasteiger partial charge in [-0.3, -0.25) is 4.90 Å². The van der Waals surface area contributed by atoms with E-state index in [1.165, 1.54) is 15.8 Å². The Balaban J connectivity index is 1.50. The van der Waals surface area contributed by atoms with Crippen molar-refractivity contribution in [2.45, 2.75) is 45.8 Å². The van der Waals surface area contributed by atoms with E-state index in [9.17, 15) is 0 Å². The van der Waals surface area contributed by atoms with Crippen LogP contribution in [0.1, 0.15) is 30.7 Å². The maximum atomic E-state index is 4.53. The van der Waals surface area contributed by atoms with Crippen LogP contribution in [0.15, 0.2) is 25.0 Å². The summed E-state index contributed by atoms with van der Waals surface area (Å²) < 4.78 is 2.10. The van der Waals surface area contributed by atoms with Crippen LogP contribution in [0.4, 0.5) is 5.82 Å². The molecule has 0 saturated heterocycles.